The van der Waals surface area contributed by atoms with Crippen molar-refractivity contribution in [2.45, 2.75) is 56.6 Å². The Hall–Kier alpha value is -5.36. The Labute approximate surface area is 289 Å². The van der Waals surface area contributed by atoms with Crippen molar-refractivity contribution < 1.29 is 52.7 Å². The van der Waals surface area contributed by atoms with Crippen LogP contribution in [0.1, 0.15) is 55.9 Å². The summed E-state index contributed by atoms with van der Waals surface area (Å²) in [6.45, 7) is -0.442. The number of esters is 4. The van der Waals surface area contributed by atoms with Gasteiger partial charge >= 0.3 is 23.9 Å². The highest BCUT2D eigenvalue weighted by atomic mass is 16.7. The first-order valence-electron chi connectivity index (χ1n) is 16.3. The van der Waals surface area contributed by atoms with Crippen molar-refractivity contribution in [2.24, 2.45) is 0 Å². The molecule has 50 heavy (non-hydrogen) atoms. The van der Waals surface area contributed by atoms with Crippen LogP contribution in [0.15, 0.2) is 121 Å². The molecule has 3 unspecified atom stereocenters. The molecule has 11 nitrogen and oxygen atoms in total. The molecule has 0 spiro atoms. The Kier molecular flexibility index (Phi) is 13.2. The number of rotatable bonds is 15. The molecule has 5 atom stereocenters. The largest absolute Gasteiger partial charge is 0.461 e. The van der Waals surface area contributed by atoms with Gasteiger partial charge in [-0.1, -0.05) is 84.9 Å². The van der Waals surface area contributed by atoms with Gasteiger partial charge in [0.25, 0.3) is 0 Å². The van der Waals surface area contributed by atoms with E-state index in [0.717, 1.165) is 5.56 Å². The minimum absolute atomic E-state index is 0.0436. The molecule has 11 heteroatoms. The summed E-state index contributed by atoms with van der Waals surface area (Å²) < 4.78 is 35.1. The molecule has 1 aliphatic heterocycles. The van der Waals surface area contributed by atoms with Gasteiger partial charge in [-0.3, -0.25) is 4.79 Å². The zero-order chi connectivity index (χ0) is 35.1. The monoisotopic (exact) mass is 682 g/mol. The Bertz CT molecular complexity index is 1670. The Balaban J connectivity index is 1.34. The summed E-state index contributed by atoms with van der Waals surface area (Å²) in [5.74, 6) is -2.70. The van der Waals surface area contributed by atoms with E-state index in [1.165, 1.54) is 0 Å². The predicted molar refractivity (Wildman–Crippen MR) is 179 cm³/mol. The minimum atomic E-state index is -1.47. The second-order valence-electron chi connectivity index (χ2n) is 11.4. The maximum absolute atomic E-state index is 13.4. The lowest BCUT2D eigenvalue weighted by molar-refractivity contribution is -0.298. The summed E-state index contributed by atoms with van der Waals surface area (Å²) in [4.78, 5) is 52.4. The Morgan fingerprint density at radius 2 is 1.04 bits per heavy atom. The van der Waals surface area contributed by atoms with Gasteiger partial charge < -0.3 is 33.5 Å². The molecule has 1 saturated heterocycles. The van der Waals surface area contributed by atoms with Crippen molar-refractivity contribution in [1.82, 2.24) is 0 Å². The number of hydrogen-bond acceptors (Lipinski definition) is 11. The topological polar surface area (TPSA) is 144 Å². The molecule has 1 heterocycles. The highest BCUT2D eigenvalue weighted by Gasteiger charge is 2.53. The van der Waals surface area contributed by atoms with Gasteiger partial charge in [0.15, 0.2) is 24.6 Å². The average Bonchev–Trinajstić information content (AvgIpc) is 3.16. The molecule has 0 aromatic heterocycles. The van der Waals surface area contributed by atoms with Gasteiger partial charge in [-0.25, -0.2) is 14.4 Å². The maximum Gasteiger partial charge on any atom is 0.338 e. The number of carbonyl (C=O) groups is 4. The van der Waals surface area contributed by atoms with Gasteiger partial charge in [-0.15, -0.1) is 0 Å². The average molecular weight is 683 g/mol. The van der Waals surface area contributed by atoms with Crippen LogP contribution in [0.2, 0.25) is 0 Å². The molecule has 0 radical (unpaired) electrons. The van der Waals surface area contributed by atoms with Crippen LogP contribution in [0.5, 0.6) is 0 Å². The van der Waals surface area contributed by atoms with Crippen LogP contribution in [-0.4, -0.2) is 72.9 Å². The fourth-order valence-electron chi connectivity index (χ4n) is 5.24. The predicted octanol–water partition coefficient (Wildman–Crippen LogP) is 5.31. The summed E-state index contributed by atoms with van der Waals surface area (Å²) in [6.07, 6.45) is -5.96. The van der Waals surface area contributed by atoms with Crippen LogP contribution >= 0.6 is 0 Å². The molecule has 4 aromatic carbocycles. The van der Waals surface area contributed by atoms with Crippen LogP contribution in [0, 0.1) is 0 Å². The second-order valence-corrected chi connectivity index (χ2v) is 11.4. The van der Waals surface area contributed by atoms with E-state index < -0.39 is 55.2 Å². The van der Waals surface area contributed by atoms with Gasteiger partial charge in [0.1, 0.15) is 12.7 Å². The fraction of sp³-hybridized carbons (Fsp3) is 0.282. The first-order valence-corrected chi connectivity index (χ1v) is 16.3. The molecule has 1 fully saturated rings. The van der Waals surface area contributed by atoms with Crippen LogP contribution in [0.3, 0.4) is 0 Å². The summed E-state index contributed by atoms with van der Waals surface area (Å²) in [7, 11) is 0. The summed E-state index contributed by atoms with van der Waals surface area (Å²) in [5, 5.41) is 10.4. The number of carbonyl (C=O) groups excluding carboxylic acids is 4. The summed E-state index contributed by atoms with van der Waals surface area (Å²) in [6, 6.07) is 33.7. The van der Waals surface area contributed by atoms with E-state index in [0.29, 0.717) is 12.8 Å². The smallest absolute Gasteiger partial charge is 0.338 e. The van der Waals surface area contributed by atoms with Crippen molar-refractivity contribution >= 4 is 23.9 Å². The van der Waals surface area contributed by atoms with Crippen LogP contribution in [-0.2, 0) is 39.8 Å². The van der Waals surface area contributed by atoms with E-state index >= 15 is 0 Å². The lowest BCUT2D eigenvalue weighted by atomic mass is 9.97. The highest BCUT2D eigenvalue weighted by Crippen LogP contribution is 2.31. The lowest BCUT2D eigenvalue weighted by Crippen LogP contribution is -2.63. The van der Waals surface area contributed by atoms with Gasteiger partial charge in [0.2, 0.25) is 0 Å². The molecule has 5 rings (SSSR count). The van der Waals surface area contributed by atoms with E-state index in [4.69, 9.17) is 28.4 Å². The van der Waals surface area contributed by atoms with E-state index in [2.05, 4.69) is 0 Å². The second kappa shape index (κ2) is 18.4. The van der Waals surface area contributed by atoms with Gasteiger partial charge in [-0.2, -0.15) is 0 Å². The van der Waals surface area contributed by atoms with Crippen LogP contribution in [0.4, 0.5) is 0 Å². The first kappa shape index (κ1) is 35.9. The maximum atomic E-state index is 13.4. The van der Waals surface area contributed by atoms with Gasteiger partial charge in [0, 0.05) is 13.0 Å². The van der Waals surface area contributed by atoms with Crippen molar-refractivity contribution in [3.8, 4) is 0 Å². The zero-order valence-corrected chi connectivity index (χ0v) is 27.2. The number of ether oxygens (including phenoxy) is 6. The van der Waals surface area contributed by atoms with Gasteiger partial charge in [-0.05, 0) is 54.8 Å². The molecule has 1 N–H and O–H groups in total. The molecule has 0 bridgehead atoms. The van der Waals surface area contributed by atoms with Crippen molar-refractivity contribution in [3.05, 3.63) is 144 Å². The SMILES string of the molecule is O=C(CCCCO[C@H]1OC(CO)[C@@H](OC(=O)c2ccccc2)C(OC(=O)c2ccccc2)C1OC(=O)c1ccccc1)OCc1ccccc1. The third-order valence-corrected chi connectivity index (χ3v) is 7.83. The molecular formula is C39H38O11. The number of unbranched alkanes of at least 4 members (excludes halogenated alkanes) is 1. The molecule has 4 aromatic rings. The normalized spacial score (nSPS) is 19.9. The van der Waals surface area contributed by atoms with E-state index in [-0.39, 0.29) is 42.3 Å². The summed E-state index contributed by atoms with van der Waals surface area (Å²) >= 11 is 0. The number of benzene rings is 4. The Morgan fingerprint density at radius 3 is 1.54 bits per heavy atom. The standard InChI is InChI=1S/C39H38O11/c40-25-31-33(48-36(42)28-17-7-2-8-18-28)34(49-37(43)29-19-9-3-10-20-29)35(50-38(44)30-21-11-4-12-22-30)39(47-31)45-24-14-13-23-32(41)46-26-27-15-5-1-6-16-27/h1-12,15-22,31,33-35,39-40H,13-14,23-26H2/t31?,33-,34?,35?,39+/m1/s1. The number of aliphatic hydroxyl groups excluding tert-OH is 1. The van der Waals surface area contributed by atoms with Crippen molar-refractivity contribution in [3.63, 3.8) is 0 Å². The van der Waals surface area contributed by atoms with Crippen LogP contribution < -0.4 is 0 Å². The third-order valence-electron chi connectivity index (χ3n) is 7.83. The molecule has 1 aliphatic rings. The van der Waals surface area contributed by atoms with Gasteiger partial charge in [0.05, 0.1) is 23.3 Å². The quantitative estimate of drug-likeness (QED) is 0.0990. The van der Waals surface area contributed by atoms with E-state index in [1.54, 1.807) is 91.0 Å². The fourth-order valence-corrected chi connectivity index (χ4v) is 5.24. The zero-order valence-electron chi connectivity index (χ0n) is 27.2. The molecule has 0 amide bonds. The number of hydrogen-bond donors (Lipinski definition) is 1. The summed E-state index contributed by atoms with van der Waals surface area (Å²) in [5.41, 5.74) is 1.48. The molecule has 0 saturated carbocycles. The Morgan fingerprint density at radius 1 is 0.580 bits per heavy atom. The third kappa shape index (κ3) is 10.1. The van der Waals surface area contributed by atoms with E-state index in [9.17, 15) is 24.3 Å². The highest BCUT2D eigenvalue weighted by molar-refractivity contribution is 5.91. The number of aliphatic hydroxyl groups is 1. The first-order chi connectivity index (χ1) is 24.4. The van der Waals surface area contributed by atoms with Crippen molar-refractivity contribution in [1.29, 1.82) is 0 Å². The minimum Gasteiger partial charge on any atom is -0.461 e. The molecule has 0 aliphatic carbocycles. The molecule has 260 valence electrons. The lowest BCUT2D eigenvalue weighted by Gasteiger charge is -2.44. The van der Waals surface area contributed by atoms with E-state index in [1.807, 2.05) is 30.3 Å². The van der Waals surface area contributed by atoms with Crippen molar-refractivity contribution in [2.75, 3.05) is 13.2 Å². The molecular weight excluding hydrogens is 644 g/mol. The van der Waals surface area contributed by atoms with Crippen LogP contribution in [0.25, 0.3) is 0 Å².